The van der Waals surface area contributed by atoms with Gasteiger partial charge in [-0.3, -0.25) is 25.0 Å². The molecule has 27 heavy (non-hydrogen) atoms. The second kappa shape index (κ2) is 8.86. The molecule has 0 radical (unpaired) electrons. The molecule has 8 heteroatoms. The molecule has 0 unspecified atom stereocenters. The van der Waals surface area contributed by atoms with E-state index < -0.39 is 21.9 Å². The van der Waals surface area contributed by atoms with Crippen LogP contribution in [0.4, 0.5) is 0 Å². The fraction of sp³-hybridized carbons (Fsp3) is 0.105. The van der Waals surface area contributed by atoms with Gasteiger partial charge in [0.25, 0.3) is 0 Å². The van der Waals surface area contributed by atoms with Crippen LogP contribution in [0.1, 0.15) is 22.3 Å². The minimum absolute atomic E-state index is 0.0752. The molecule has 1 aliphatic rings. The van der Waals surface area contributed by atoms with E-state index in [1.165, 1.54) is 12.2 Å². The SMILES string of the molecule is O=C(c1ccccc1)c1ccccc1.O=[N+]([O-])C1([N+](=O)[O-])C=CC=C(Cl)C1. The Morgan fingerprint density at radius 1 is 0.889 bits per heavy atom. The molecule has 0 N–H and O–H groups in total. The molecule has 2 aromatic rings. The second-order valence-corrected chi connectivity index (χ2v) is 6.09. The summed E-state index contributed by atoms with van der Waals surface area (Å²) in [5.41, 5.74) is -0.816. The molecule has 2 aromatic carbocycles. The first-order valence-corrected chi connectivity index (χ1v) is 8.22. The zero-order chi connectivity index (χ0) is 19.9. The van der Waals surface area contributed by atoms with Gasteiger partial charge in [0.1, 0.15) is 16.3 Å². The molecule has 0 bridgehead atoms. The van der Waals surface area contributed by atoms with Crippen molar-refractivity contribution in [2.45, 2.75) is 12.1 Å². The van der Waals surface area contributed by atoms with Crippen molar-refractivity contribution in [2.75, 3.05) is 0 Å². The average molecular weight is 387 g/mol. The van der Waals surface area contributed by atoms with Crippen LogP contribution >= 0.6 is 11.6 Å². The number of nitro groups is 2. The number of carbonyl (C=O) groups excluding carboxylic acids is 1. The summed E-state index contributed by atoms with van der Waals surface area (Å²) < 4.78 is 0. The van der Waals surface area contributed by atoms with E-state index in [1.807, 2.05) is 60.7 Å². The monoisotopic (exact) mass is 386 g/mol. The van der Waals surface area contributed by atoms with Crippen molar-refractivity contribution in [3.05, 3.63) is 115 Å². The largest absolute Gasteiger partial charge is 0.482 e. The van der Waals surface area contributed by atoms with Gasteiger partial charge < -0.3 is 0 Å². The molecule has 138 valence electrons. The summed E-state index contributed by atoms with van der Waals surface area (Å²) in [6, 6.07) is 18.6. The maximum atomic E-state index is 11.8. The topological polar surface area (TPSA) is 103 Å². The zero-order valence-corrected chi connectivity index (χ0v) is 14.8. The van der Waals surface area contributed by atoms with Gasteiger partial charge >= 0.3 is 5.66 Å². The highest BCUT2D eigenvalue weighted by atomic mass is 35.5. The predicted octanol–water partition coefficient (Wildman–Crippen LogP) is 4.24. The van der Waals surface area contributed by atoms with E-state index in [2.05, 4.69) is 0 Å². The summed E-state index contributed by atoms with van der Waals surface area (Å²) in [6.45, 7) is 0. The third-order valence-corrected chi connectivity index (χ3v) is 4.03. The summed E-state index contributed by atoms with van der Waals surface area (Å²) in [5, 5.41) is 21.1. The van der Waals surface area contributed by atoms with E-state index in [4.69, 9.17) is 11.6 Å². The van der Waals surface area contributed by atoms with Crippen LogP contribution in [0, 0.1) is 20.2 Å². The van der Waals surface area contributed by atoms with Crippen LogP contribution in [0.5, 0.6) is 0 Å². The second-order valence-electron chi connectivity index (χ2n) is 5.60. The third-order valence-electron chi connectivity index (χ3n) is 3.77. The number of rotatable bonds is 4. The van der Waals surface area contributed by atoms with Gasteiger partial charge in [-0.15, -0.1) is 0 Å². The van der Waals surface area contributed by atoms with Crippen LogP contribution in [0.2, 0.25) is 0 Å². The van der Waals surface area contributed by atoms with Crippen molar-refractivity contribution in [3.8, 4) is 0 Å². The molecule has 0 aliphatic heterocycles. The third kappa shape index (κ3) is 4.86. The Bertz CT molecular complexity index is 839. The van der Waals surface area contributed by atoms with E-state index in [0.29, 0.717) is 0 Å². The highest BCUT2D eigenvalue weighted by Crippen LogP contribution is 2.28. The standard InChI is InChI=1S/C13H10O.C6H5ClN2O4/c14-13(11-7-3-1-4-8-11)12-9-5-2-6-10-12;7-5-2-1-3-6(4-5,8(10)11)9(12)13/h1-10H;1-3H,4H2. The number of halogens is 1. The van der Waals surface area contributed by atoms with E-state index in [-0.39, 0.29) is 10.8 Å². The lowest BCUT2D eigenvalue weighted by molar-refractivity contribution is -0.780. The van der Waals surface area contributed by atoms with Gasteiger partial charge in [-0.25, -0.2) is 0 Å². The number of hydrogen-bond acceptors (Lipinski definition) is 5. The van der Waals surface area contributed by atoms with Gasteiger partial charge in [-0.2, -0.15) is 0 Å². The van der Waals surface area contributed by atoms with E-state index in [9.17, 15) is 25.0 Å². The molecule has 0 atom stereocenters. The Hall–Kier alpha value is -3.32. The molecule has 7 nitrogen and oxygen atoms in total. The molecule has 0 spiro atoms. The molecule has 1 aliphatic carbocycles. The minimum Gasteiger partial charge on any atom is -0.289 e. The maximum absolute atomic E-state index is 11.8. The quantitative estimate of drug-likeness (QED) is 0.338. The Morgan fingerprint density at radius 3 is 1.67 bits per heavy atom. The number of ketones is 1. The molecule has 3 rings (SSSR count). The van der Waals surface area contributed by atoms with Crippen molar-refractivity contribution in [3.63, 3.8) is 0 Å². The summed E-state index contributed by atoms with van der Waals surface area (Å²) in [6.07, 6.45) is 3.15. The van der Waals surface area contributed by atoms with Crippen LogP contribution in [-0.2, 0) is 0 Å². The fourth-order valence-corrected chi connectivity index (χ4v) is 2.61. The Kier molecular flexibility index (Phi) is 6.56. The highest BCUT2D eigenvalue weighted by molar-refractivity contribution is 6.29. The van der Waals surface area contributed by atoms with Gasteiger partial charge in [0.2, 0.25) is 0 Å². The van der Waals surface area contributed by atoms with E-state index >= 15 is 0 Å². The van der Waals surface area contributed by atoms with Crippen molar-refractivity contribution < 1.29 is 14.6 Å². The molecule has 0 heterocycles. The molecule has 0 aromatic heterocycles. The lowest BCUT2D eigenvalue weighted by Gasteiger charge is -2.14. The van der Waals surface area contributed by atoms with Crippen LogP contribution in [0.15, 0.2) is 83.9 Å². The number of benzene rings is 2. The van der Waals surface area contributed by atoms with Crippen LogP contribution in [-0.4, -0.2) is 21.3 Å². The normalized spacial score (nSPS) is 14.3. The van der Waals surface area contributed by atoms with Crippen molar-refractivity contribution in [1.29, 1.82) is 0 Å². The van der Waals surface area contributed by atoms with Crippen LogP contribution in [0.25, 0.3) is 0 Å². The Balaban J connectivity index is 0.000000194. The van der Waals surface area contributed by atoms with Gasteiger partial charge in [0, 0.05) is 16.2 Å². The van der Waals surface area contributed by atoms with E-state index in [1.54, 1.807) is 0 Å². The maximum Gasteiger partial charge on any atom is 0.482 e. The Labute approximate surface area is 159 Å². The van der Waals surface area contributed by atoms with Crippen LogP contribution < -0.4 is 0 Å². The average Bonchev–Trinajstić information content (AvgIpc) is 2.69. The molecular weight excluding hydrogens is 372 g/mol. The lowest BCUT2D eigenvalue weighted by atomic mass is 10.0. The number of allylic oxidation sites excluding steroid dienone is 2. The molecular formula is C19H15ClN2O5. The zero-order valence-electron chi connectivity index (χ0n) is 14.0. The first kappa shape index (κ1) is 20.0. The number of nitrogens with zero attached hydrogens (tertiary/aromatic N) is 2. The fourth-order valence-electron chi connectivity index (χ4n) is 2.34. The summed E-state index contributed by atoms with van der Waals surface area (Å²) in [4.78, 5) is 30.9. The first-order chi connectivity index (χ1) is 12.9. The lowest BCUT2D eigenvalue weighted by Crippen LogP contribution is -2.45. The number of carbonyl (C=O) groups is 1. The van der Waals surface area contributed by atoms with Crippen molar-refractivity contribution >= 4 is 17.4 Å². The smallest absolute Gasteiger partial charge is 0.289 e. The summed E-state index contributed by atoms with van der Waals surface area (Å²) in [7, 11) is 0. The van der Waals surface area contributed by atoms with Gasteiger partial charge in [0.05, 0.1) is 6.08 Å². The first-order valence-electron chi connectivity index (χ1n) is 7.84. The molecule has 0 fully saturated rings. The van der Waals surface area contributed by atoms with E-state index in [0.717, 1.165) is 17.2 Å². The number of hydrogen-bond donors (Lipinski definition) is 0. The van der Waals surface area contributed by atoms with Crippen LogP contribution in [0.3, 0.4) is 0 Å². The van der Waals surface area contributed by atoms with Gasteiger partial charge in [-0.05, 0) is 6.08 Å². The summed E-state index contributed by atoms with van der Waals surface area (Å²) in [5.74, 6) is 0.0752. The molecule has 0 saturated carbocycles. The molecule has 0 amide bonds. The predicted molar refractivity (Wildman–Crippen MR) is 101 cm³/mol. The summed E-state index contributed by atoms with van der Waals surface area (Å²) >= 11 is 5.49. The minimum atomic E-state index is -2.29. The highest BCUT2D eigenvalue weighted by Gasteiger charge is 2.54. The molecule has 0 saturated heterocycles. The van der Waals surface area contributed by atoms with Gasteiger partial charge in [0.15, 0.2) is 5.78 Å². The van der Waals surface area contributed by atoms with Crippen molar-refractivity contribution in [2.24, 2.45) is 0 Å². The van der Waals surface area contributed by atoms with Gasteiger partial charge in [-0.1, -0.05) is 78.3 Å². The van der Waals surface area contributed by atoms with Crippen molar-refractivity contribution in [1.82, 2.24) is 0 Å². The Morgan fingerprint density at radius 2 is 1.33 bits per heavy atom.